The maximum atomic E-state index is 10.8. The van der Waals surface area contributed by atoms with Gasteiger partial charge in [-0.1, -0.05) is 24.3 Å². The number of aliphatic hydroxyl groups excluding tert-OH is 1. The van der Waals surface area contributed by atoms with E-state index in [-0.39, 0.29) is 13.2 Å². The number of carboxylic acid groups (broad SMARTS) is 1. The number of nitrogens with one attached hydrogen (secondary N) is 4. The molecule has 0 unspecified atom stereocenters. The van der Waals surface area contributed by atoms with E-state index in [1.165, 1.54) is 0 Å². The van der Waals surface area contributed by atoms with Crippen molar-refractivity contribution in [1.82, 2.24) is 30.6 Å². The third-order valence-electron chi connectivity index (χ3n) is 8.00. The molecule has 0 fully saturated rings. The Morgan fingerprint density at radius 1 is 0.702 bits per heavy atom. The van der Waals surface area contributed by atoms with Gasteiger partial charge in [-0.05, 0) is 83.6 Å². The molecule has 4 heterocycles. The predicted octanol–water partition coefficient (Wildman–Crippen LogP) is 5.60. The highest BCUT2D eigenvalue weighted by molar-refractivity contribution is 5.92. The second kappa shape index (κ2) is 14.3. The zero-order valence-corrected chi connectivity index (χ0v) is 26.2. The summed E-state index contributed by atoms with van der Waals surface area (Å²) >= 11 is 0. The van der Waals surface area contributed by atoms with Crippen molar-refractivity contribution >= 4 is 50.8 Å². The van der Waals surface area contributed by atoms with Crippen molar-refractivity contribution in [3.05, 3.63) is 108 Å². The van der Waals surface area contributed by atoms with Crippen LogP contribution in [-0.4, -0.2) is 55.8 Å². The molecule has 4 aromatic heterocycles. The minimum absolute atomic E-state index is 0.0928. The average molecular weight is 629 g/mol. The van der Waals surface area contributed by atoms with Crippen molar-refractivity contribution < 1.29 is 15.0 Å². The molecule has 6 N–H and O–H groups in total. The van der Waals surface area contributed by atoms with E-state index in [1.54, 1.807) is 18.6 Å². The first-order valence-electron chi connectivity index (χ1n) is 15.4. The van der Waals surface area contributed by atoms with Gasteiger partial charge in [0.05, 0.1) is 13.2 Å². The van der Waals surface area contributed by atoms with Crippen LogP contribution >= 0.6 is 0 Å². The molecule has 0 atom stereocenters. The Hall–Kier alpha value is -5.49. The third-order valence-corrected chi connectivity index (χ3v) is 8.00. The van der Waals surface area contributed by atoms with E-state index in [0.717, 1.165) is 66.6 Å². The fourth-order valence-electron chi connectivity index (χ4n) is 5.59. The van der Waals surface area contributed by atoms with Gasteiger partial charge in [0, 0.05) is 66.6 Å². The summed E-state index contributed by atoms with van der Waals surface area (Å²) in [6, 6.07) is 20.3. The van der Waals surface area contributed by atoms with Crippen LogP contribution in [0.25, 0.3) is 32.9 Å². The molecule has 0 aliphatic rings. The molecule has 0 spiro atoms. The first-order chi connectivity index (χ1) is 22.9. The van der Waals surface area contributed by atoms with Crippen molar-refractivity contribution in [1.29, 1.82) is 0 Å². The monoisotopic (exact) mass is 628 g/mol. The van der Waals surface area contributed by atoms with Crippen molar-refractivity contribution in [2.75, 3.05) is 30.3 Å². The summed E-state index contributed by atoms with van der Waals surface area (Å²) in [5.41, 5.74) is 9.60. The second-order valence-corrected chi connectivity index (χ2v) is 11.3. The number of carboxylic acids is 1. The molecule has 0 aliphatic carbocycles. The SMILES string of the molecule is Cc1c(Nc2nccc3cc(CNCCO)cnc23)cccc1-c1cccc(Nc2nccc3cc(CNCC(=O)O)cnc23)c1C. The Bertz CT molecular complexity index is 2070. The quantitative estimate of drug-likeness (QED) is 0.0885. The van der Waals surface area contributed by atoms with Gasteiger partial charge in [0.2, 0.25) is 0 Å². The molecule has 6 aromatic rings. The summed E-state index contributed by atoms with van der Waals surface area (Å²) in [5, 5.41) is 33.0. The fraction of sp³-hybridized carbons (Fsp3) is 0.194. The number of fused-ring (bicyclic) bond motifs is 2. The molecule has 0 bridgehead atoms. The Labute approximate surface area is 272 Å². The average Bonchev–Trinajstić information content (AvgIpc) is 3.07. The molecule has 238 valence electrons. The van der Waals surface area contributed by atoms with Gasteiger partial charge >= 0.3 is 5.97 Å². The number of nitrogens with zero attached hydrogens (tertiary/aromatic N) is 4. The highest BCUT2D eigenvalue weighted by Crippen LogP contribution is 2.36. The molecule has 0 aliphatic heterocycles. The van der Waals surface area contributed by atoms with E-state index in [4.69, 9.17) is 15.2 Å². The first kappa shape index (κ1) is 31.5. The number of carbonyl (C=O) groups is 1. The van der Waals surface area contributed by atoms with Gasteiger partial charge < -0.3 is 31.5 Å². The number of aliphatic carboxylic acids is 1. The third kappa shape index (κ3) is 7.17. The van der Waals surface area contributed by atoms with E-state index in [9.17, 15) is 4.79 Å². The summed E-state index contributed by atoms with van der Waals surface area (Å²) in [5.74, 6) is 0.421. The van der Waals surface area contributed by atoms with Crippen LogP contribution in [0.2, 0.25) is 0 Å². The van der Waals surface area contributed by atoms with Crippen LogP contribution in [0, 0.1) is 13.8 Å². The molecule has 0 amide bonds. The number of hydrogen-bond acceptors (Lipinski definition) is 10. The molecule has 0 saturated heterocycles. The molecular formula is C36H36N8O3. The van der Waals surface area contributed by atoms with Gasteiger partial charge in [0.25, 0.3) is 0 Å². The fourth-order valence-corrected chi connectivity index (χ4v) is 5.59. The summed E-state index contributed by atoms with van der Waals surface area (Å²) in [6.07, 6.45) is 7.10. The topological polar surface area (TPSA) is 157 Å². The van der Waals surface area contributed by atoms with Crippen molar-refractivity contribution in [3.8, 4) is 11.1 Å². The van der Waals surface area contributed by atoms with Crippen LogP contribution in [0.15, 0.2) is 85.5 Å². The number of aliphatic hydroxyl groups is 1. The molecule has 0 radical (unpaired) electrons. The predicted molar refractivity (Wildman–Crippen MR) is 185 cm³/mol. The maximum absolute atomic E-state index is 10.8. The number of aromatic nitrogens is 4. The number of pyridine rings is 4. The lowest BCUT2D eigenvalue weighted by molar-refractivity contribution is -0.136. The molecule has 47 heavy (non-hydrogen) atoms. The summed E-state index contributed by atoms with van der Waals surface area (Å²) in [7, 11) is 0. The number of hydrogen-bond donors (Lipinski definition) is 6. The largest absolute Gasteiger partial charge is 0.480 e. The van der Waals surface area contributed by atoms with Crippen LogP contribution in [0.1, 0.15) is 22.3 Å². The van der Waals surface area contributed by atoms with E-state index >= 15 is 0 Å². The first-order valence-corrected chi connectivity index (χ1v) is 15.4. The normalized spacial score (nSPS) is 11.2. The van der Waals surface area contributed by atoms with Gasteiger partial charge in [-0.15, -0.1) is 0 Å². The lowest BCUT2D eigenvalue weighted by atomic mass is 9.94. The lowest BCUT2D eigenvalue weighted by Gasteiger charge is -2.18. The van der Waals surface area contributed by atoms with E-state index in [1.807, 2.05) is 48.7 Å². The van der Waals surface area contributed by atoms with Crippen LogP contribution in [0.4, 0.5) is 23.0 Å². The number of benzene rings is 2. The Balaban J connectivity index is 1.25. The zero-order valence-electron chi connectivity index (χ0n) is 26.2. The summed E-state index contributed by atoms with van der Waals surface area (Å²) in [4.78, 5) is 29.4. The molecule has 0 saturated carbocycles. The standard InChI is InChI=1S/C36H36N8O3/c1-22-28(5-3-7-30(22)43-35-33-26(9-11-39-35)15-24(19-41-33)17-37-13-14-45)29-6-4-8-31(23(29)2)44-36-34-27(10-12-40-36)16-25(20-42-34)18-38-21-32(46)47/h3-12,15-16,19-20,37-38,45H,13-14,17-18,21H2,1-2H3,(H,39,43)(H,40,44)(H,46,47). The Kier molecular flexibility index (Phi) is 9.58. The van der Waals surface area contributed by atoms with Crippen LogP contribution in [-0.2, 0) is 17.9 Å². The van der Waals surface area contributed by atoms with Gasteiger partial charge in [-0.2, -0.15) is 0 Å². The molecule has 6 rings (SSSR count). The Morgan fingerprint density at radius 2 is 1.21 bits per heavy atom. The zero-order chi connectivity index (χ0) is 32.8. The minimum Gasteiger partial charge on any atom is -0.480 e. The maximum Gasteiger partial charge on any atom is 0.317 e. The number of anilines is 4. The molecular weight excluding hydrogens is 592 g/mol. The minimum atomic E-state index is -0.900. The molecule has 2 aromatic carbocycles. The van der Waals surface area contributed by atoms with E-state index in [2.05, 4.69) is 68.3 Å². The van der Waals surface area contributed by atoms with Crippen LogP contribution in [0.5, 0.6) is 0 Å². The van der Waals surface area contributed by atoms with Gasteiger partial charge in [0.15, 0.2) is 11.6 Å². The smallest absolute Gasteiger partial charge is 0.317 e. The van der Waals surface area contributed by atoms with E-state index < -0.39 is 5.97 Å². The summed E-state index contributed by atoms with van der Waals surface area (Å²) < 4.78 is 0. The molecule has 11 nitrogen and oxygen atoms in total. The lowest BCUT2D eigenvalue weighted by Crippen LogP contribution is -2.21. The Morgan fingerprint density at radius 3 is 1.70 bits per heavy atom. The van der Waals surface area contributed by atoms with Crippen molar-refractivity contribution in [3.63, 3.8) is 0 Å². The van der Waals surface area contributed by atoms with Gasteiger partial charge in [-0.3, -0.25) is 14.8 Å². The van der Waals surface area contributed by atoms with Crippen molar-refractivity contribution in [2.24, 2.45) is 0 Å². The van der Waals surface area contributed by atoms with Gasteiger partial charge in [0.1, 0.15) is 11.0 Å². The molecule has 11 heteroatoms. The highest BCUT2D eigenvalue weighted by atomic mass is 16.4. The van der Waals surface area contributed by atoms with Crippen LogP contribution in [0.3, 0.4) is 0 Å². The van der Waals surface area contributed by atoms with Crippen LogP contribution < -0.4 is 21.3 Å². The number of rotatable bonds is 13. The van der Waals surface area contributed by atoms with Crippen molar-refractivity contribution in [2.45, 2.75) is 26.9 Å². The van der Waals surface area contributed by atoms with E-state index in [0.29, 0.717) is 31.3 Å². The van der Waals surface area contributed by atoms with Gasteiger partial charge in [-0.25, -0.2) is 9.97 Å². The highest BCUT2D eigenvalue weighted by Gasteiger charge is 2.14. The second-order valence-electron chi connectivity index (χ2n) is 11.3. The summed E-state index contributed by atoms with van der Waals surface area (Å²) in [6.45, 7) is 5.74.